The molecule has 0 amide bonds. The van der Waals surface area contributed by atoms with Gasteiger partial charge in [0.15, 0.2) is 0 Å². The number of aliphatic hydroxyl groups excluding tert-OH is 1. The number of morpholine rings is 1. The molecule has 1 aliphatic rings. The summed E-state index contributed by atoms with van der Waals surface area (Å²) in [7, 11) is 0. The standard InChI is InChI=1S/C19H18F3N5O2S/c20-19(21,22)16-1-2-23-18(26-16)25-13-7-12(15-10-24-17(11-28)30-15)8-14(9-13)27-3-5-29-6-4-27/h1-2,7-10,28H,3-6,11H2,(H,23,25,26). The first kappa shape index (κ1) is 20.5. The van der Waals surface area contributed by atoms with Crippen LogP contribution in [-0.4, -0.2) is 46.4 Å². The predicted octanol–water partition coefficient (Wildman–Crippen LogP) is 3.69. The van der Waals surface area contributed by atoms with Crippen LogP contribution >= 0.6 is 11.3 Å². The van der Waals surface area contributed by atoms with E-state index in [-0.39, 0.29) is 12.6 Å². The third-order valence-corrected chi connectivity index (χ3v) is 5.50. The van der Waals surface area contributed by atoms with E-state index in [1.165, 1.54) is 11.3 Å². The number of halogens is 3. The first-order valence-corrected chi connectivity index (χ1v) is 9.95. The highest BCUT2D eigenvalue weighted by molar-refractivity contribution is 7.15. The van der Waals surface area contributed by atoms with Gasteiger partial charge in [0.05, 0.1) is 24.7 Å². The second-order valence-corrected chi connectivity index (χ2v) is 7.65. The van der Waals surface area contributed by atoms with Crippen molar-refractivity contribution in [2.45, 2.75) is 12.8 Å². The molecule has 3 aromatic rings. The maximum atomic E-state index is 13.0. The summed E-state index contributed by atoms with van der Waals surface area (Å²) in [6.45, 7) is 2.44. The molecule has 0 unspecified atom stereocenters. The van der Waals surface area contributed by atoms with E-state index in [1.54, 1.807) is 12.3 Å². The summed E-state index contributed by atoms with van der Waals surface area (Å²) in [6, 6.07) is 6.45. The second-order valence-electron chi connectivity index (χ2n) is 6.53. The first-order chi connectivity index (χ1) is 14.4. The van der Waals surface area contributed by atoms with E-state index < -0.39 is 11.9 Å². The lowest BCUT2D eigenvalue weighted by atomic mass is 10.1. The largest absolute Gasteiger partial charge is 0.433 e. The number of alkyl halides is 3. The fourth-order valence-electron chi connectivity index (χ4n) is 3.05. The Morgan fingerprint density at radius 2 is 1.97 bits per heavy atom. The summed E-state index contributed by atoms with van der Waals surface area (Å²) in [6.07, 6.45) is -1.82. The van der Waals surface area contributed by atoms with E-state index in [0.717, 1.165) is 28.4 Å². The van der Waals surface area contributed by atoms with Gasteiger partial charge in [0.25, 0.3) is 0 Å². The maximum Gasteiger partial charge on any atom is 0.433 e. The molecular weight excluding hydrogens is 419 g/mol. The molecule has 0 atom stereocenters. The van der Waals surface area contributed by atoms with Crippen molar-refractivity contribution in [3.8, 4) is 10.4 Å². The molecule has 3 heterocycles. The number of aromatic nitrogens is 3. The Morgan fingerprint density at radius 3 is 2.67 bits per heavy atom. The van der Waals surface area contributed by atoms with E-state index >= 15 is 0 Å². The van der Waals surface area contributed by atoms with Crippen molar-refractivity contribution in [3.05, 3.63) is 47.4 Å². The number of nitrogens with one attached hydrogen (secondary N) is 1. The van der Waals surface area contributed by atoms with Crippen LogP contribution in [-0.2, 0) is 17.5 Å². The van der Waals surface area contributed by atoms with Crippen LogP contribution in [0.15, 0.2) is 36.7 Å². The highest BCUT2D eigenvalue weighted by Crippen LogP contribution is 2.34. The van der Waals surface area contributed by atoms with Gasteiger partial charge in [-0.15, -0.1) is 11.3 Å². The zero-order valence-electron chi connectivity index (χ0n) is 15.7. The van der Waals surface area contributed by atoms with Crippen LogP contribution < -0.4 is 10.2 Å². The molecule has 158 valence electrons. The summed E-state index contributed by atoms with van der Waals surface area (Å²) < 4.78 is 44.3. The van der Waals surface area contributed by atoms with Gasteiger partial charge in [-0.05, 0) is 29.8 Å². The van der Waals surface area contributed by atoms with Crippen molar-refractivity contribution in [2.75, 3.05) is 36.5 Å². The third kappa shape index (κ3) is 4.69. The van der Waals surface area contributed by atoms with Crippen molar-refractivity contribution in [1.82, 2.24) is 15.0 Å². The average Bonchev–Trinajstić information content (AvgIpc) is 3.23. The normalized spacial score (nSPS) is 14.7. The number of anilines is 3. The molecule has 11 heteroatoms. The number of aliphatic hydroxyl groups is 1. The number of rotatable bonds is 5. The molecule has 2 N–H and O–H groups in total. The predicted molar refractivity (Wildman–Crippen MR) is 107 cm³/mol. The van der Waals surface area contributed by atoms with E-state index in [0.29, 0.717) is 37.0 Å². The molecule has 1 saturated heterocycles. The number of hydrogen-bond donors (Lipinski definition) is 2. The van der Waals surface area contributed by atoms with Crippen molar-refractivity contribution in [1.29, 1.82) is 0 Å². The minimum Gasteiger partial charge on any atom is -0.389 e. The summed E-state index contributed by atoms with van der Waals surface area (Å²) in [4.78, 5) is 14.6. The Balaban J connectivity index is 1.70. The quantitative estimate of drug-likeness (QED) is 0.630. The molecule has 0 aliphatic carbocycles. The van der Waals surface area contributed by atoms with Crippen LogP contribution in [0, 0.1) is 0 Å². The van der Waals surface area contributed by atoms with Gasteiger partial charge >= 0.3 is 6.18 Å². The van der Waals surface area contributed by atoms with Gasteiger partial charge in [0.1, 0.15) is 10.7 Å². The van der Waals surface area contributed by atoms with Crippen molar-refractivity contribution >= 4 is 28.7 Å². The molecule has 0 bridgehead atoms. The maximum absolute atomic E-state index is 13.0. The van der Waals surface area contributed by atoms with Gasteiger partial charge in [-0.2, -0.15) is 13.2 Å². The topological polar surface area (TPSA) is 83.4 Å². The molecule has 1 aromatic carbocycles. The van der Waals surface area contributed by atoms with Gasteiger partial charge in [0, 0.05) is 36.9 Å². The lowest BCUT2D eigenvalue weighted by Gasteiger charge is -2.29. The highest BCUT2D eigenvalue weighted by atomic mass is 32.1. The molecule has 0 radical (unpaired) electrons. The minimum atomic E-state index is -4.55. The second kappa shape index (κ2) is 8.54. The molecular formula is C19H18F3N5O2S. The highest BCUT2D eigenvalue weighted by Gasteiger charge is 2.32. The van der Waals surface area contributed by atoms with Gasteiger partial charge < -0.3 is 20.1 Å². The van der Waals surface area contributed by atoms with Crippen molar-refractivity contribution in [2.24, 2.45) is 0 Å². The Labute approximate surface area is 174 Å². The fourth-order valence-corrected chi connectivity index (χ4v) is 3.82. The van der Waals surface area contributed by atoms with Crippen LogP contribution in [0.25, 0.3) is 10.4 Å². The van der Waals surface area contributed by atoms with Crippen LogP contribution in [0.1, 0.15) is 10.7 Å². The Kier molecular flexibility index (Phi) is 5.84. The zero-order valence-corrected chi connectivity index (χ0v) is 16.5. The van der Waals surface area contributed by atoms with Gasteiger partial charge in [0.2, 0.25) is 5.95 Å². The first-order valence-electron chi connectivity index (χ1n) is 9.13. The summed E-state index contributed by atoms with van der Waals surface area (Å²) in [5, 5.41) is 12.8. The van der Waals surface area contributed by atoms with E-state index in [2.05, 4.69) is 25.2 Å². The molecule has 1 aliphatic heterocycles. The zero-order chi connectivity index (χ0) is 21.1. The molecule has 4 rings (SSSR count). The molecule has 7 nitrogen and oxygen atoms in total. The fraction of sp³-hybridized carbons (Fsp3) is 0.316. The molecule has 2 aromatic heterocycles. The van der Waals surface area contributed by atoms with Gasteiger partial charge in [-0.1, -0.05) is 0 Å². The van der Waals surface area contributed by atoms with Crippen LogP contribution in [0.4, 0.5) is 30.5 Å². The van der Waals surface area contributed by atoms with Gasteiger partial charge in [-0.3, -0.25) is 0 Å². The SMILES string of the molecule is OCc1ncc(-c2cc(Nc3nccc(C(F)(F)F)n3)cc(N3CCOCC3)c2)s1. The molecule has 1 fully saturated rings. The van der Waals surface area contributed by atoms with E-state index in [9.17, 15) is 18.3 Å². The van der Waals surface area contributed by atoms with Crippen molar-refractivity contribution < 1.29 is 23.0 Å². The minimum absolute atomic E-state index is 0.143. The summed E-state index contributed by atoms with van der Waals surface area (Å²) >= 11 is 1.35. The van der Waals surface area contributed by atoms with Crippen LogP contribution in [0.5, 0.6) is 0 Å². The van der Waals surface area contributed by atoms with E-state index in [1.807, 2.05) is 12.1 Å². The van der Waals surface area contributed by atoms with Gasteiger partial charge in [-0.25, -0.2) is 15.0 Å². The van der Waals surface area contributed by atoms with Crippen molar-refractivity contribution in [3.63, 3.8) is 0 Å². The number of ether oxygens (including phenoxy) is 1. The lowest BCUT2D eigenvalue weighted by molar-refractivity contribution is -0.141. The smallest absolute Gasteiger partial charge is 0.389 e. The monoisotopic (exact) mass is 437 g/mol. The van der Waals surface area contributed by atoms with E-state index in [4.69, 9.17) is 4.74 Å². The number of hydrogen-bond acceptors (Lipinski definition) is 8. The number of nitrogens with zero attached hydrogens (tertiary/aromatic N) is 4. The summed E-state index contributed by atoms with van der Waals surface area (Å²) in [5.41, 5.74) is 1.25. The molecule has 0 spiro atoms. The van der Waals surface area contributed by atoms with Crippen LogP contribution in [0.3, 0.4) is 0 Å². The Bertz CT molecular complexity index is 1020. The average molecular weight is 437 g/mol. The molecule has 0 saturated carbocycles. The van der Waals surface area contributed by atoms with Crippen LogP contribution in [0.2, 0.25) is 0 Å². The Morgan fingerprint density at radius 1 is 1.17 bits per heavy atom. The number of thiazole rings is 1. The molecule has 30 heavy (non-hydrogen) atoms. The lowest BCUT2D eigenvalue weighted by Crippen LogP contribution is -2.36. The third-order valence-electron chi connectivity index (χ3n) is 4.47. The summed E-state index contributed by atoms with van der Waals surface area (Å²) in [5.74, 6) is -0.143. The Hall–Kier alpha value is -2.76. The number of benzene rings is 1.